The van der Waals surface area contributed by atoms with Crippen LogP contribution in [0, 0.1) is 11.7 Å². The predicted octanol–water partition coefficient (Wildman–Crippen LogP) is 4.94. The highest BCUT2D eigenvalue weighted by molar-refractivity contribution is 6.35. The molecule has 2 aromatic rings. The molecule has 9 heteroatoms. The molecule has 0 aliphatic carbocycles. The van der Waals surface area contributed by atoms with E-state index in [9.17, 15) is 9.18 Å². The van der Waals surface area contributed by atoms with Crippen molar-refractivity contribution in [1.29, 1.82) is 0 Å². The highest BCUT2D eigenvalue weighted by Crippen LogP contribution is 2.45. The SMILES string of the molecule is CC(C)C(=O)N1CC2(C1)OCc1cc(C3=NOC(C)(c4cc(Cl)c(F)c(Cl)c4)O3)ccc12. The maximum atomic E-state index is 13.8. The second kappa shape index (κ2) is 7.33. The Morgan fingerprint density at radius 1 is 1.19 bits per heavy atom. The maximum absolute atomic E-state index is 13.8. The molecule has 1 atom stereocenters. The van der Waals surface area contributed by atoms with Gasteiger partial charge in [-0.05, 0) is 40.5 Å². The summed E-state index contributed by atoms with van der Waals surface area (Å²) in [6.45, 7) is 7.01. The van der Waals surface area contributed by atoms with E-state index in [1.54, 1.807) is 6.92 Å². The number of carbonyl (C=O) groups is 1. The van der Waals surface area contributed by atoms with Crippen LogP contribution >= 0.6 is 23.2 Å². The van der Waals surface area contributed by atoms with Gasteiger partial charge < -0.3 is 19.2 Å². The van der Waals surface area contributed by atoms with Gasteiger partial charge in [0, 0.05) is 24.0 Å². The topological polar surface area (TPSA) is 60.4 Å². The summed E-state index contributed by atoms with van der Waals surface area (Å²) in [4.78, 5) is 19.6. The monoisotopic (exact) mass is 478 g/mol. The molecular weight excluding hydrogens is 458 g/mol. The van der Waals surface area contributed by atoms with Gasteiger partial charge in [0.25, 0.3) is 5.90 Å². The van der Waals surface area contributed by atoms with E-state index in [0.29, 0.717) is 25.3 Å². The molecule has 5 rings (SSSR count). The minimum atomic E-state index is -1.29. The van der Waals surface area contributed by atoms with Gasteiger partial charge in [-0.25, -0.2) is 4.39 Å². The molecule has 0 radical (unpaired) electrons. The molecule has 3 aliphatic rings. The predicted molar refractivity (Wildman–Crippen MR) is 117 cm³/mol. The Morgan fingerprint density at radius 3 is 2.53 bits per heavy atom. The maximum Gasteiger partial charge on any atom is 0.301 e. The lowest BCUT2D eigenvalue weighted by molar-refractivity contribution is -0.171. The highest BCUT2D eigenvalue weighted by Gasteiger charge is 2.52. The lowest BCUT2D eigenvalue weighted by Gasteiger charge is -2.48. The van der Waals surface area contributed by atoms with Crippen LogP contribution in [0.25, 0.3) is 0 Å². The average Bonchev–Trinajstić information content (AvgIpc) is 3.31. The minimum Gasteiger partial charge on any atom is -0.426 e. The van der Waals surface area contributed by atoms with E-state index in [1.165, 1.54) is 12.1 Å². The normalized spacial score (nSPS) is 23.0. The molecule has 1 fully saturated rings. The van der Waals surface area contributed by atoms with Gasteiger partial charge in [-0.3, -0.25) is 4.79 Å². The number of carbonyl (C=O) groups excluding carboxylic acids is 1. The molecule has 6 nitrogen and oxygen atoms in total. The molecule has 1 amide bonds. The van der Waals surface area contributed by atoms with Crippen LogP contribution in [0.3, 0.4) is 0 Å². The van der Waals surface area contributed by atoms with Gasteiger partial charge in [-0.15, -0.1) is 0 Å². The third kappa shape index (κ3) is 3.26. The summed E-state index contributed by atoms with van der Waals surface area (Å²) in [5, 5.41) is 3.84. The Hall–Kier alpha value is -2.35. The molecule has 0 aromatic heterocycles. The number of hydrogen-bond donors (Lipinski definition) is 0. The van der Waals surface area contributed by atoms with Gasteiger partial charge in [0.1, 0.15) is 5.60 Å². The number of halogens is 3. The van der Waals surface area contributed by atoms with Crippen LogP contribution in [0.15, 0.2) is 35.5 Å². The molecule has 1 unspecified atom stereocenters. The van der Waals surface area contributed by atoms with E-state index in [2.05, 4.69) is 5.16 Å². The fraction of sp³-hybridized carbons (Fsp3) is 0.391. The standard InChI is InChI=1S/C23H21Cl2FN2O4/c1-12(2)21(29)28-10-23(11-28)16-5-4-13(6-14(16)9-30-23)20-27-32-22(3,31-20)15-7-17(24)19(26)18(25)8-15/h4-8,12H,9-11H2,1-3H3. The van der Waals surface area contributed by atoms with Crippen molar-refractivity contribution in [2.45, 2.75) is 38.8 Å². The zero-order valence-corrected chi connectivity index (χ0v) is 19.3. The summed E-state index contributed by atoms with van der Waals surface area (Å²) >= 11 is 11.8. The molecule has 2 aromatic carbocycles. The lowest BCUT2D eigenvalue weighted by Crippen LogP contribution is -2.61. The third-order valence-corrected chi connectivity index (χ3v) is 6.70. The van der Waals surface area contributed by atoms with Gasteiger partial charge in [-0.2, -0.15) is 0 Å². The first kappa shape index (κ1) is 21.5. The Bertz CT molecular complexity index is 1140. The summed E-state index contributed by atoms with van der Waals surface area (Å²) in [5.41, 5.74) is 2.83. The number of oxime groups is 1. The first-order chi connectivity index (χ1) is 15.1. The van der Waals surface area contributed by atoms with Crippen molar-refractivity contribution in [3.8, 4) is 0 Å². The van der Waals surface area contributed by atoms with E-state index >= 15 is 0 Å². The number of ether oxygens (including phenoxy) is 2. The quantitative estimate of drug-likeness (QED) is 0.586. The highest BCUT2D eigenvalue weighted by atomic mass is 35.5. The smallest absolute Gasteiger partial charge is 0.301 e. The van der Waals surface area contributed by atoms with Crippen molar-refractivity contribution in [2.24, 2.45) is 11.1 Å². The number of amides is 1. The Balaban J connectivity index is 1.35. The Labute approximate surface area is 194 Å². The van der Waals surface area contributed by atoms with Gasteiger partial charge >= 0.3 is 5.79 Å². The van der Waals surface area contributed by atoms with E-state index in [4.69, 9.17) is 37.5 Å². The number of fused-ring (bicyclic) bond motifs is 2. The van der Waals surface area contributed by atoms with Crippen molar-refractivity contribution in [3.63, 3.8) is 0 Å². The van der Waals surface area contributed by atoms with Crippen molar-refractivity contribution in [1.82, 2.24) is 4.90 Å². The average molecular weight is 479 g/mol. The van der Waals surface area contributed by atoms with Crippen LogP contribution in [-0.4, -0.2) is 29.8 Å². The van der Waals surface area contributed by atoms with Crippen molar-refractivity contribution >= 4 is 35.0 Å². The molecule has 168 valence electrons. The second-order valence-electron chi connectivity index (χ2n) is 8.79. The second-order valence-corrected chi connectivity index (χ2v) is 9.61. The van der Waals surface area contributed by atoms with E-state index < -0.39 is 17.2 Å². The number of hydrogen-bond acceptors (Lipinski definition) is 5. The van der Waals surface area contributed by atoms with Gasteiger partial charge in [0.2, 0.25) is 5.91 Å². The summed E-state index contributed by atoms with van der Waals surface area (Å²) in [6, 6.07) is 8.64. The van der Waals surface area contributed by atoms with Gasteiger partial charge in [0.05, 0.1) is 29.7 Å². The summed E-state index contributed by atoms with van der Waals surface area (Å²) in [6.07, 6.45) is 0. The summed E-state index contributed by atoms with van der Waals surface area (Å²) < 4.78 is 25.9. The zero-order valence-electron chi connectivity index (χ0n) is 17.7. The molecule has 3 heterocycles. The van der Waals surface area contributed by atoms with Crippen LogP contribution in [0.1, 0.15) is 43.0 Å². The number of benzene rings is 2. The van der Waals surface area contributed by atoms with Crippen molar-refractivity contribution in [2.75, 3.05) is 13.1 Å². The molecule has 0 N–H and O–H groups in total. The van der Waals surface area contributed by atoms with E-state index in [0.717, 1.165) is 16.7 Å². The minimum absolute atomic E-state index is 0.0340. The van der Waals surface area contributed by atoms with Crippen molar-refractivity contribution in [3.05, 3.63) is 68.4 Å². The van der Waals surface area contributed by atoms with E-state index in [-0.39, 0.29) is 27.8 Å². The van der Waals surface area contributed by atoms with Crippen LogP contribution in [0.2, 0.25) is 10.0 Å². The molecule has 3 aliphatic heterocycles. The molecule has 0 bridgehead atoms. The Kier molecular flexibility index (Phi) is 4.93. The Morgan fingerprint density at radius 2 is 1.88 bits per heavy atom. The summed E-state index contributed by atoms with van der Waals surface area (Å²) in [7, 11) is 0. The molecule has 32 heavy (non-hydrogen) atoms. The van der Waals surface area contributed by atoms with Gasteiger partial charge in [-0.1, -0.05) is 43.1 Å². The van der Waals surface area contributed by atoms with Crippen LogP contribution < -0.4 is 0 Å². The van der Waals surface area contributed by atoms with Crippen LogP contribution in [0.5, 0.6) is 0 Å². The first-order valence-electron chi connectivity index (χ1n) is 10.3. The molecular formula is C23H21Cl2FN2O4. The third-order valence-electron chi connectivity index (χ3n) is 6.15. The fourth-order valence-corrected chi connectivity index (χ4v) is 4.82. The fourth-order valence-electron chi connectivity index (χ4n) is 4.33. The largest absolute Gasteiger partial charge is 0.426 e. The molecule has 1 spiro atoms. The van der Waals surface area contributed by atoms with E-state index in [1.807, 2.05) is 36.9 Å². The number of rotatable bonds is 3. The summed E-state index contributed by atoms with van der Waals surface area (Å²) in [5.74, 6) is -1.60. The van der Waals surface area contributed by atoms with Crippen LogP contribution in [0.4, 0.5) is 4.39 Å². The first-order valence-corrected chi connectivity index (χ1v) is 11.0. The molecule has 0 saturated carbocycles. The lowest BCUT2D eigenvalue weighted by atomic mass is 9.84. The van der Waals surface area contributed by atoms with Crippen LogP contribution in [-0.2, 0) is 37.1 Å². The zero-order chi connectivity index (χ0) is 22.8. The van der Waals surface area contributed by atoms with Crippen molar-refractivity contribution < 1.29 is 23.5 Å². The number of likely N-dealkylation sites (tertiary alicyclic amines) is 1. The van der Waals surface area contributed by atoms with Gasteiger partial charge in [0.15, 0.2) is 5.82 Å². The number of nitrogens with zero attached hydrogens (tertiary/aromatic N) is 2. The molecule has 1 saturated heterocycles.